The van der Waals surface area contributed by atoms with Gasteiger partial charge in [-0.05, 0) is 18.1 Å². The van der Waals surface area contributed by atoms with Crippen LogP contribution in [0.5, 0.6) is 0 Å². The van der Waals surface area contributed by atoms with E-state index in [-0.39, 0.29) is 0 Å². The van der Waals surface area contributed by atoms with E-state index in [9.17, 15) is 8.42 Å². The Hall–Kier alpha value is -1.40. The molecule has 110 valence electrons. The van der Waals surface area contributed by atoms with E-state index >= 15 is 0 Å². The molecule has 0 bridgehead atoms. The van der Waals surface area contributed by atoms with Gasteiger partial charge in [-0.15, -0.1) is 0 Å². The highest BCUT2D eigenvalue weighted by atomic mass is 32.2. The highest BCUT2D eigenvalue weighted by Crippen LogP contribution is 2.29. The number of hydrogen-bond acceptors (Lipinski definition) is 3. The molecule has 0 spiro atoms. The number of nitrogens with two attached hydrogens (primary N) is 1. The Labute approximate surface area is 119 Å². The summed E-state index contributed by atoms with van der Waals surface area (Å²) in [6.07, 6.45) is 5.26. The maximum absolute atomic E-state index is 11.8. The molecular weight excluding hydrogens is 274 g/mol. The molecule has 0 amide bonds. The zero-order valence-corrected chi connectivity index (χ0v) is 12.7. The number of aryl methyl sites for hydroxylation is 1. The summed E-state index contributed by atoms with van der Waals surface area (Å²) >= 11 is 0. The van der Waals surface area contributed by atoms with Gasteiger partial charge in [0.05, 0.1) is 11.7 Å². The van der Waals surface area contributed by atoms with Crippen LogP contribution in [0.1, 0.15) is 43.4 Å². The number of aromatic nitrogens is 2. The number of fused-ring (bicyclic) bond motifs is 1. The van der Waals surface area contributed by atoms with Crippen molar-refractivity contribution in [1.29, 1.82) is 0 Å². The van der Waals surface area contributed by atoms with Crippen molar-refractivity contribution in [3.05, 3.63) is 30.0 Å². The smallest absolute Gasteiger partial charge is 0.216 e. The van der Waals surface area contributed by atoms with Crippen LogP contribution in [0.3, 0.4) is 0 Å². The lowest BCUT2D eigenvalue weighted by atomic mass is 10.0. The predicted molar refractivity (Wildman–Crippen MR) is 80.7 cm³/mol. The molecule has 1 atom stereocenters. The maximum atomic E-state index is 11.8. The van der Waals surface area contributed by atoms with Crippen molar-refractivity contribution in [2.24, 2.45) is 12.2 Å². The molecule has 1 aromatic carbocycles. The summed E-state index contributed by atoms with van der Waals surface area (Å²) < 4.78 is 25.4. The number of sulfonamides is 1. The Morgan fingerprint density at radius 1 is 1.35 bits per heavy atom. The molecule has 0 saturated carbocycles. The summed E-state index contributed by atoms with van der Waals surface area (Å²) in [5.74, 6) is 0. The van der Waals surface area contributed by atoms with Gasteiger partial charge in [0.2, 0.25) is 10.0 Å². The van der Waals surface area contributed by atoms with Gasteiger partial charge in [-0.25, -0.2) is 13.6 Å². The minimum absolute atomic E-state index is 0.566. The summed E-state index contributed by atoms with van der Waals surface area (Å²) in [5.41, 5.74) is 1.67. The lowest BCUT2D eigenvalue weighted by Crippen LogP contribution is -2.21. The molecule has 2 rings (SSSR count). The highest BCUT2D eigenvalue weighted by Gasteiger charge is 2.23. The summed E-state index contributed by atoms with van der Waals surface area (Å²) in [6.45, 7) is 2.09. The first-order chi connectivity index (χ1) is 9.43. The molecule has 0 aliphatic rings. The minimum Gasteiger partial charge on any atom is -0.268 e. The van der Waals surface area contributed by atoms with E-state index < -0.39 is 15.3 Å². The van der Waals surface area contributed by atoms with Crippen LogP contribution in [-0.4, -0.2) is 18.2 Å². The number of nitrogens with zero attached hydrogens (tertiary/aromatic N) is 2. The molecule has 0 aliphatic heterocycles. The first kappa shape index (κ1) is 15.0. The van der Waals surface area contributed by atoms with Crippen molar-refractivity contribution < 1.29 is 8.42 Å². The number of primary sulfonamides is 1. The van der Waals surface area contributed by atoms with Crippen molar-refractivity contribution in [1.82, 2.24) is 9.78 Å². The topological polar surface area (TPSA) is 78.0 Å². The van der Waals surface area contributed by atoms with Gasteiger partial charge in [0.15, 0.2) is 0 Å². The Balaban J connectivity index is 2.37. The molecule has 1 aromatic heterocycles. The third-order valence-electron chi connectivity index (χ3n) is 3.61. The van der Waals surface area contributed by atoms with Crippen molar-refractivity contribution >= 4 is 20.9 Å². The maximum Gasteiger partial charge on any atom is 0.216 e. The fraction of sp³-hybridized carbons (Fsp3) is 0.500. The van der Waals surface area contributed by atoms with E-state index in [2.05, 4.69) is 12.0 Å². The van der Waals surface area contributed by atoms with E-state index in [1.54, 1.807) is 10.9 Å². The number of unbranched alkanes of at least 4 members (excludes halogenated alkanes) is 2. The second-order valence-corrected chi connectivity index (χ2v) is 6.91. The lowest BCUT2D eigenvalue weighted by molar-refractivity contribution is 0.565. The lowest BCUT2D eigenvalue weighted by Gasteiger charge is -2.15. The summed E-state index contributed by atoms with van der Waals surface area (Å²) in [5, 5.41) is 9.94. The van der Waals surface area contributed by atoms with E-state index in [4.69, 9.17) is 5.14 Å². The van der Waals surface area contributed by atoms with Crippen LogP contribution in [0.4, 0.5) is 0 Å². The van der Waals surface area contributed by atoms with Crippen LogP contribution in [0.15, 0.2) is 24.4 Å². The normalized spacial score (nSPS) is 13.8. The zero-order valence-electron chi connectivity index (χ0n) is 11.9. The summed E-state index contributed by atoms with van der Waals surface area (Å²) in [7, 11) is -1.75. The van der Waals surface area contributed by atoms with E-state index in [1.165, 1.54) is 0 Å². The van der Waals surface area contributed by atoms with Crippen molar-refractivity contribution in [2.45, 2.75) is 37.9 Å². The second-order valence-electron chi connectivity index (χ2n) is 5.16. The fourth-order valence-electron chi connectivity index (χ4n) is 2.46. The van der Waals surface area contributed by atoms with Gasteiger partial charge in [0.1, 0.15) is 5.25 Å². The van der Waals surface area contributed by atoms with E-state index in [0.717, 1.165) is 35.7 Å². The monoisotopic (exact) mass is 295 g/mol. The van der Waals surface area contributed by atoms with Crippen LogP contribution in [-0.2, 0) is 17.1 Å². The molecule has 1 heterocycles. The Kier molecular flexibility index (Phi) is 4.45. The van der Waals surface area contributed by atoms with Gasteiger partial charge in [0, 0.05) is 12.4 Å². The highest BCUT2D eigenvalue weighted by molar-refractivity contribution is 7.89. The van der Waals surface area contributed by atoms with E-state index in [0.29, 0.717) is 6.42 Å². The molecule has 0 saturated heterocycles. The third kappa shape index (κ3) is 3.19. The molecular formula is C14H21N3O2S. The van der Waals surface area contributed by atoms with Gasteiger partial charge in [-0.2, -0.15) is 5.10 Å². The van der Waals surface area contributed by atoms with Crippen LogP contribution in [0.2, 0.25) is 0 Å². The Morgan fingerprint density at radius 2 is 2.10 bits per heavy atom. The molecule has 1 unspecified atom stereocenters. The molecule has 2 N–H and O–H groups in total. The SMILES string of the molecule is CCCCCC(c1ccc2cnn(C)c2c1)S(N)(=O)=O. The van der Waals surface area contributed by atoms with Gasteiger partial charge in [-0.3, -0.25) is 4.68 Å². The number of rotatable bonds is 6. The number of hydrogen-bond donors (Lipinski definition) is 1. The first-order valence-electron chi connectivity index (χ1n) is 6.86. The van der Waals surface area contributed by atoms with Gasteiger partial charge >= 0.3 is 0 Å². The van der Waals surface area contributed by atoms with E-state index in [1.807, 2.05) is 25.2 Å². The average Bonchev–Trinajstić information content (AvgIpc) is 2.75. The summed E-state index contributed by atoms with van der Waals surface area (Å²) in [6, 6.07) is 5.62. The minimum atomic E-state index is -3.59. The van der Waals surface area contributed by atoms with Crippen LogP contribution in [0, 0.1) is 0 Å². The molecule has 0 radical (unpaired) electrons. The Morgan fingerprint density at radius 3 is 2.75 bits per heavy atom. The zero-order chi connectivity index (χ0) is 14.8. The van der Waals surface area contributed by atoms with Crippen LogP contribution in [0.25, 0.3) is 10.9 Å². The molecule has 6 heteroatoms. The molecule has 20 heavy (non-hydrogen) atoms. The molecule has 0 aliphatic carbocycles. The molecule has 5 nitrogen and oxygen atoms in total. The van der Waals surface area contributed by atoms with Crippen LogP contribution >= 0.6 is 0 Å². The molecule has 0 fully saturated rings. The summed E-state index contributed by atoms with van der Waals surface area (Å²) in [4.78, 5) is 0. The predicted octanol–water partition coefficient (Wildman–Crippen LogP) is 2.48. The van der Waals surface area contributed by atoms with Crippen molar-refractivity contribution in [3.8, 4) is 0 Å². The molecule has 2 aromatic rings. The van der Waals surface area contributed by atoms with Crippen molar-refractivity contribution in [2.75, 3.05) is 0 Å². The van der Waals surface area contributed by atoms with Crippen molar-refractivity contribution in [3.63, 3.8) is 0 Å². The van der Waals surface area contributed by atoms with Crippen LogP contribution < -0.4 is 5.14 Å². The second kappa shape index (κ2) is 5.93. The average molecular weight is 295 g/mol. The quantitative estimate of drug-likeness (QED) is 0.832. The number of benzene rings is 1. The largest absolute Gasteiger partial charge is 0.268 e. The van der Waals surface area contributed by atoms with Gasteiger partial charge < -0.3 is 0 Å². The third-order valence-corrected chi connectivity index (χ3v) is 4.91. The fourth-order valence-corrected chi connectivity index (χ4v) is 3.48. The Bertz CT molecular complexity index is 692. The standard InChI is InChI=1S/C14H21N3O2S/c1-3-4-5-6-14(20(15,18)19)11-7-8-12-10-16-17(2)13(12)9-11/h7-10,14H,3-6H2,1-2H3,(H2,15,18,19). The van der Waals surface area contributed by atoms with Gasteiger partial charge in [-0.1, -0.05) is 38.3 Å². The first-order valence-corrected chi connectivity index (χ1v) is 8.47. The van der Waals surface area contributed by atoms with Gasteiger partial charge in [0.25, 0.3) is 0 Å².